The highest BCUT2D eigenvalue weighted by atomic mass is 32.2. The molecule has 0 saturated heterocycles. The van der Waals surface area contributed by atoms with Crippen LogP contribution in [0, 0.1) is 0 Å². The average molecular weight is 485 g/mol. The predicted molar refractivity (Wildman–Crippen MR) is 121 cm³/mol. The first-order chi connectivity index (χ1) is 15.1. The summed E-state index contributed by atoms with van der Waals surface area (Å²) in [5.41, 5.74) is 0.0295. The van der Waals surface area contributed by atoms with E-state index in [1.807, 2.05) is 0 Å². The first-order valence-electron chi connectivity index (χ1n) is 10.3. The van der Waals surface area contributed by atoms with E-state index in [-0.39, 0.29) is 27.3 Å². The minimum atomic E-state index is -4.07. The monoisotopic (exact) mass is 484 g/mol. The molecule has 9 nitrogen and oxygen atoms in total. The Hall–Kier alpha value is -2.50. The number of benzene rings is 2. The quantitative estimate of drug-likeness (QED) is 0.582. The summed E-state index contributed by atoms with van der Waals surface area (Å²) in [6.45, 7) is 8.36. The van der Waals surface area contributed by atoms with E-state index in [9.17, 15) is 16.8 Å². The molecule has 1 N–H and O–H groups in total. The fourth-order valence-corrected chi connectivity index (χ4v) is 5.77. The molecule has 1 heterocycles. The molecule has 3 rings (SSSR count). The molecule has 0 aliphatic carbocycles. The maximum Gasteiger partial charge on any atom is 0.262 e. The minimum absolute atomic E-state index is 0.0295. The lowest BCUT2D eigenvalue weighted by Gasteiger charge is -2.21. The molecular weight excluding hydrogens is 456 g/mol. The number of sulfonamides is 2. The van der Waals surface area contributed by atoms with E-state index in [1.165, 1.54) is 40.7 Å². The molecule has 0 aromatic heterocycles. The Labute approximate surface area is 189 Å². The zero-order chi connectivity index (χ0) is 23.5. The van der Waals surface area contributed by atoms with Crippen molar-refractivity contribution < 1.29 is 31.0 Å². The van der Waals surface area contributed by atoms with Gasteiger partial charge in [-0.2, -0.15) is 4.31 Å². The van der Waals surface area contributed by atoms with Crippen LogP contribution in [0.3, 0.4) is 0 Å². The number of nitrogens with one attached hydrogen (secondary N) is 1. The van der Waals surface area contributed by atoms with Crippen molar-refractivity contribution in [3.05, 3.63) is 36.4 Å². The molecule has 0 radical (unpaired) electrons. The standard InChI is InChI=1S/C21H28N2O7S2/c1-5-23(6-2)32(26,27)17-8-9-19(30-15(3)4)18(13-17)22-31(24,25)16-7-10-20-21(14-16)29-12-11-28-20/h7-10,13-15,22H,5-6,11-12H2,1-4H3. The number of fused-ring (bicyclic) bond motifs is 1. The van der Waals surface area contributed by atoms with Gasteiger partial charge in [0.05, 0.1) is 21.6 Å². The lowest BCUT2D eigenvalue weighted by Crippen LogP contribution is -2.30. The van der Waals surface area contributed by atoms with Crippen LogP contribution in [0.2, 0.25) is 0 Å². The van der Waals surface area contributed by atoms with E-state index >= 15 is 0 Å². The van der Waals surface area contributed by atoms with Crippen molar-refractivity contribution >= 4 is 25.7 Å². The van der Waals surface area contributed by atoms with Gasteiger partial charge in [0.15, 0.2) is 11.5 Å². The highest BCUT2D eigenvalue weighted by molar-refractivity contribution is 7.92. The molecule has 1 aliphatic heterocycles. The van der Waals surface area contributed by atoms with Gasteiger partial charge in [-0.05, 0) is 44.2 Å². The van der Waals surface area contributed by atoms with Crippen molar-refractivity contribution in [3.63, 3.8) is 0 Å². The van der Waals surface area contributed by atoms with Crippen LogP contribution in [0.5, 0.6) is 17.2 Å². The maximum absolute atomic E-state index is 13.1. The molecular formula is C21H28N2O7S2. The predicted octanol–water partition coefficient (Wildman–Crippen LogP) is 3.08. The molecule has 0 bridgehead atoms. The Morgan fingerprint density at radius 1 is 0.938 bits per heavy atom. The van der Waals surface area contributed by atoms with Gasteiger partial charge in [-0.15, -0.1) is 0 Å². The van der Waals surface area contributed by atoms with Crippen LogP contribution >= 0.6 is 0 Å². The van der Waals surface area contributed by atoms with Crippen molar-refractivity contribution in [2.45, 2.75) is 43.6 Å². The smallest absolute Gasteiger partial charge is 0.262 e. The number of ether oxygens (including phenoxy) is 3. The van der Waals surface area contributed by atoms with Gasteiger partial charge in [-0.1, -0.05) is 13.8 Å². The van der Waals surface area contributed by atoms with Gasteiger partial charge in [0.2, 0.25) is 10.0 Å². The van der Waals surface area contributed by atoms with Crippen molar-refractivity contribution in [1.82, 2.24) is 4.31 Å². The molecule has 0 fully saturated rings. The lowest BCUT2D eigenvalue weighted by atomic mass is 10.3. The molecule has 0 spiro atoms. The molecule has 11 heteroatoms. The van der Waals surface area contributed by atoms with Gasteiger partial charge in [0, 0.05) is 19.2 Å². The van der Waals surface area contributed by atoms with E-state index < -0.39 is 20.0 Å². The van der Waals surface area contributed by atoms with Gasteiger partial charge in [0.1, 0.15) is 19.0 Å². The van der Waals surface area contributed by atoms with Crippen LogP contribution in [-0.2, 0) is 20.0 Å². The van der Waals surface area contributed by atoms with Gasteiger partial charge in [0.25, 0.3) is 10.0 Å². The number of rotatable bonds is 9. The Kier molecular flexibility index (Phi) is 7.21. The van der Waals surface area contributed by atoms with Crippen LogP contribution in [0.15, 0.2) is 46.2 Å². The van der Waals surface area contributed by atoms with Gasteiger partial charge in [-0.3, -0.25) is 4.72 Å². The zero-order valence-electron chi connectivity index (χ0n) is 18.5. The summed E-state index contributed by atoms with van der Waals surface area (Å²) in [6.07, 6.45) is -0.252. The third-order valence-electron chi connectivity index (χ3n) is 4.73. The molecule has 32 heavy (non-hydrogen) atoms. The molecule has 0 atom stereocenters. The van der Waals surface area contributed by atoms with Crippen molar-refractivity contribution in [2.24, 2.45) is 0 Å². The topological polar surface area (TPSA) is 111 Å². The molecule has 2 aromatic rings. The maximum atomic E-state index is 13.1. The molecule has 0 unspecified atom stereocenters. The average Bonchev–Trinajstić information content (AvgIpc) is 2.74. The molecule has 0 amide bonds. The molecule has 2 aromatic carbocycles. The second-order valence-electron chi connectivity index (χ2n) is 7.32. The van der Waals surface area contributed by atoms with Crippen molar-refractivity contribution in [1.29, 1.82) is 0 Å². The van der Waals surface area contributed by atoms with E-state index in [2.05, 4.69) is 4.72 Å². The normalized spacial score (nSPS) is 13.9. The summed E-state index contributed by atoms with van der Waals surface area (Å²) < 4.78 is 72.5. The summed E-state index contributed by atoms with van der Waals surface area (Å²) >= 11 is 0. The summed E-state index contributed by atoms with van der Waals surface area (Å²) in [7, 11) is -7.87. The Balaban J connectivity index is 2.02. The molecule has 176 valence electrons. The van der Waals surface area contributed by atoms with E-state index in [4.69, 9.17) is 14.2 Å². The van der Waals surface area contributed by atoms with E-state index in [0.29, 0.717) is 37.8 Å². The minimum Gasteiger partial charge on any atom is -0.489 e. The Morgan fingerprint density at radius 3 is 2.19 bits per heavy atom. The van der Waals surface area contributed by atoms with Gasteiger partial charge in [-0.25, -0.2) is 16.8 Å². The van der Waals surface area contributed by atoms with Crippen LogP contribution < -0.4 is 18.9 Å². The summed E-state index contributed by atoms with van der Waals surface area (Å²) in [4.78, 5) is -0.0774. The number of hydrogen-bond acceptors (Lipinski definition) is 7. The summed E-state index contributed by atoms with van der Waals surface area (Å²) in [5, 5.41) is 0. The lowest BCUT2D eigenvalue weighted by molar-refractivity contribution is 0.171. The summed E-state index contributed by atoms with van der Waals surface area (Å²) in [6, 6.07) is 8.44. The fraction of sp³-hybridized carbons (Fsp3) is 0.429. The number of nitrogens with zero attached hydrogens (tertiary/aromatic N) is 1. The zero-order valence-corrected chi connectivity index (χ0v) is 20.1. The third-order valence-corrected chi connectivity index (χ3v) is 8.13. The number of anilines is 1. The Bertz CT molecular complexity index is 1170. The summed E-state index contributed by atoms with van der Waals surface area (Å²) in [5.74, 6) is 1.02. The highest BCUT2D eigenvalue weighted by Crippen LogP contribution is 2.35. The molecule has 1 aliphatic rings. The highest BCUT2D eigenvalue weighted by Gasteiger charge is 2.26. The first-order valence-corrected chi connectivity index (χ1v) is 13.2. The van der Waals surface area contributed by atoms with Crippen LogP contribution in [0.1, 0.15) is 27.7 Å². The second kappa shape index (κ2) is 9.55. The van der Waals surface area contributed by atoms with E-state index in [1.54, 1.807) is 27.7 Å². The Morgan fingerprint density at radius 2 is 1.56 bits per heavy atom. The molecule has 0 saturated carbocycles. The fourth-order valence-electron chi connectivity index (χ4n) is 3.21. The second-order valence-corrected chi connectivity index (χ2v) is 10.9. The van der Waals surface area contributed by atoms with Gasteiger partial charge < -0.3 is 14.2 Å². The van der Waals surface area contributed by atoms with Crippen LogP contribution in [-0.4, -0.2) is 53.5 Å². The van der Waals surface area contributed by atoms with Crippen molar-refractivity contribution in [3.8, 4) is 17.2 Å². The first kappa shape index (κ1) is 24.1. The van der Waals surface area contributed by atoms with Gasteiger partial charge >= 0.3 is 0 Å². The van der Waals surface area contributed by atoms with Crippen molar-refractivity contribution in [2.75, 3.05) is 31.0 Å². The largest absolute Gasteiger partial charge is 0.489 e. The van der Waals surface area contributed by atoms with Crippen LogP contribution in [0.25, 0.3) is 0 Å². The van der Waals surface area contributed by atoms with Crippen LogP contribution in [0.4, 0.5) is 5.69 Å². The third kappa shape index (κ3) is 5.11. The van der Waals surface area contributed by atoms with E-state index in [0.717, 1.165) is 0 Å². The SMILES string of the molecule is CCN(CC)S(=O)(=O)c1ccc(OC(C)C)c(NS(=O)(=O)c2ccc3c(c2)OCCO3)c1. The number of hydrogen-bond donors (Lipinski definition) is 1.